The molecule has 10 heteroatoms. The number of halogens is 1. The van der Waals surface area contributed by atoms with Gasteiger partial charge in [-0.2, -0.15) is 0 Å². The van der Waals surface area contributed by atoms with Gasteiger partial charge in [0.25, 0.3) is 0 Å². The molecular formula is C19H16FN5O4. The van der Waals surface area contributed by atoms with Crippen LogP contribution in [0.2, 0.25) is 0 Å². The molecule has 0 saturated carbocycles. The van der Waals surface area contributed by atoms with E-state index in [9.17, 15) is 9.18 Å². The molecule has 0 bridgehead atoms. The minimum absolute atomic E-state index is 0.0887. The summed E-state index contributed by atoms with van der Waals surface area (Å²) in [4.78, 5) is 12.6. The van der Waals surface area contributed by atoms with E-state index in [0.29, 0.717) is 29.5 Å². The Balaban J connectivity index is 1.66. The predicted molar refractivity (Wildman–Crippen MR) is 99.7 cm³/mol. The Hall–Kier alpha value is -3.69. The summed E-state index contributed by atoms with van der Waals surface area (Å²) in [5.74, 6) is 0.572. The van der Waals surface area contributed by atoms with Crippen LogP contribution in [-0.2, 0) is 6.54 Å². The maximum Gasteiger partial charge on any atom is 0.214 e. The maximum absolute atomic E-state index is 14.6. The van der Waals surface area contributed by atoms with Gasteiger partial charge in [-0.05, 0) is 25.1 Å². The van der Waals surface area contributed by atoms with E-state index < -0.39 is 5.78 Å². The lowest BCUT2D eigenvalue weighted by atomic mass is 9.96. The molecule has 0 fully saturated rings. The van der Waals surface area contributed by atoms with Crippen molar-refractivity contribution in [3.63, 3.8) is 0 Å². The number of nitrogens with one attached hydrogen (secondary N) is 1. The number of Topliss-reactive ketones (excluding diaryl/α,β-unsaturated/α-hetero) is 1. The third-order valence-corrected chi connectivity index (χ3v) is 5.24. The number of aromatic nitrogens is 3. The molecular weight excluding hydrogens is 381 g/mol. The minimum Gasteiger partial charge on any atom is -0.493 e. The first kappa shape index (κ1) is 17.4. The normalized spacial score (nSPS) is 17.9. The number of benzene rings is 1. The van der Waals surface area contributed by atoms with E-state index in [2.05, 4.69) is 20.7 Å². The largest absolute Gasteiger partial charge is 0.493 e. The number of anilines is 1. The highest BCUT2D eigenvalue weighted by Gasteiger charge is 2.32. The zero-order chi connectivity index (χ0) is 20.1. The summed E-state index contributed by atoms with van der Waals surface area (Å²) in [7, 11) is 0. The number of rotatable bonds is 2. The molecule has 3 aromatic rings. The van der Waals surface area contributed by atoms with Crippen molar-refractivity contribution in [2.24, 2.45) is 5.16 Å². The Bertz CT molecular complexity index is 1190. The van der Waals surface area contributed by atoms with Crippen LogP contribution in [0.15, 0.2) is 29.7 Å². The van der Waals surface area contributed by atoms with E-state index in [-0.39, 0.29) is 41.8 Å². The van der Waals surface area contributed by atoms with Crippen LogP contribution in [0.4, 0.5) is 10.2 Å². The van der Waals surface area contributed by atoms with Crippen LogP contribution in [0.5, 0.6) is 11.5 Å². The average molecular weight is 397 g/mol. The lowest BCUT2D eigenvalue weighted by Crippen LogP contribution is -2.16. The second-order valence-electron chi connectivity index (χ2n) is 6.92. The standard InChI is InChI=1S/C19H16FN5O4/c1-9(24-27)17(26)11-4-15-19(25-8-22-23-18(11)25)21-5-12-13(20)2-3-14-16(12)10(6-28-14)7-29-15/h2-4,8,10,21,27H,5-7H2,1H3/b24-9-/t10-/m0/s1. The smallest absolute Gasteiger partial charge is 0.214 e. The van der Waals surface area contributed by atoms with E-state index in [1.165, 1.54) is 25.4 Å². The van der Waals surface area contributed by atoms with Crippen LogP contribution >= 0.6 is 0 Å². The number of pyridine rings is 1. The molecule has 0 saturated heterocycles. The number of hydrogen-bond donors (Lipinski definition) is 2. The van der Waals surface area contributed by atoms with Gasteiger partial charge >= 0.3 is 0 Å². The van der Waals surface area contributed by atoms with E-state index in [4.69, 9.17) is 14.7 Å². The molecule has 9 nitrogen and oxygen atoms in total. The second-order valence-corrected chi connectivity index (χ2v) is 6.92. The van der Waals surface area contributed by atoms with E-state index in [1.54, 1.807) is 10.5 Å². The van der Waals surface area contributed by atoms with E-state index in [1.807, 2.05) is 0 Å². The summed E-state index contributed by atoms with van der Waals surface area (Å²) in [6.07, 6.45) is 1.44. The molecule has 1 atom stereocenters. The molecule has 5 rings (SSSR count). The summed E-state index contributed by atoms with van der Waals surface area (Å²) in [6, 6.07) is 4.56. The van der Waals surface area contributed by atoms with Crippen molar-refractivity contribution in [3.05, 3.63) is 47.0 Å². The molecule has 1 aromatic carbocycles. The first-order valence-electron chi connectivity index (χ1n) is 8.99. The Morgan fingerprint density at radius 2 is 2.14 bits per heavy atom. The van der Waals surface area contributed by atoms with Gasteiger partial charge in [0.05, 0.1) is 24.7 Å². The van der Waals surface area contributed by atoms with Gasteiger partial charge in [0.1, 0.15) is 23.6 Å². The lowest BCUT2D eigenvalue weighted by Gasteiger charge is -2.16. The number of hydrogen-bond acceptors (Lipinski definition) is 8. The van der Waals surface area contributed by atoms with Crippen molar-refractivity contribution in [1.29, 1.82) is 0 Å². The molecule has 0 unspecified atom stereocenters. The molecule has 2 aliphatic heterocycles. The first-order valence-corrected chi connectivity index (χ1v) is 8.99. The van der Waals surface area contributed by atoms with Crippen molar-refractivity contribution < 1.29 is 23.9 Å². The number of fused-ring (bicyclic) bond motifs is 3. The van der Waals surface area contributed by atoms with E-state index in [0.717, 1.165) is 5.56 Å². The zero-order valence-electron chi connectivity index (χ0n) is 15.3. The average Bonchev–Trinajstić information content (AvgIpc) is 3.38. The third kappa shape index (κ3) is 2.59. The molecule has 0 aliphatic carbocycles. The second kappa shape index (κ2) is 6.43. The Kier molecular flexibility index (Phi) is 3.86. The van der Waals surface area contributed by atoms with Gasteiger partial charge < -0.3 is 20.0 Å². The van der Waals surface area contributed by atoms with Crippen molar-refractivity contribution in [1.82, 2.24) is 14.6 Å². The van der Waals surface area contributed by atoms with E-state index >= 15 is 0 Å². The quantitative estimate of drug-likeness (QED) is 0.296. The first-order chi connectivity index (χ1) is 14.1. The molecule has 148 valence electrons. The maximum atomic E-state index is 14.6. The van der Waals surface area contributed by atoms with Crippen molar-refractivity contribution in [2.75, 3.05) is 18.5 Å². The predicted octanol–water partition coefficient (Wildman–Crippen LogP) is 2.38. The van der Waals surface area contributed by atoms with Gasteiger partial charge in [0.15, 0.2) is 17.2 Å². The van der Waals surface area contributed by atoms with Crippen LogP contribution in [0.1, 0.15) is 34.3 Å². The highest BCUT2D eigenvalue weighted by atomic mass is 19.1. The number of nitrogens with zero attached hydrogens (tertiary/aromatic N) is 4. The Morgan fingerprint density at radius 3 is 2.93 bits per heavy atom. The fourth-order valence-electron chi connectivity index (χ4n) is 3.79. The van der Waals surface area contributed by atoms with Crippen molar-refractivity contribution in [2.45, 2.75) is 19.4 Å². The number of carbonyl (C=O) groups excluding carboxylic acids is 1. The fourth-order valence-corrected chi connectivity index (χ4v) is 3.79. The SMILES string of the molecule is C/C(=N/O)C(=O)c1cc2c(n3cnnc13)NCc1c(F)ccc3c1[C@@H](CO3)CO2. The van der Waals surface area contributed by atoms with Crippen LogP contribution < -0.4 is 14.8 Å². The molecule has 0 radical (unpaired) electrons. The molecule has 2 aliphatic rings. The van der Waals surface area contributed by atoms with Crippen LogP contribution in [-0.4, -0.2) is 44.5 Å². The van der Waals surface area contributed by atoms with Gasteiger partial charge in [-0.3, -0.25) is 9.20 Å². The Labute approximate surface area is 163 Å². The number of carbonyl (C=O) groups is 1. The summed E-state index contributed by atoms with van der Waals surface area (Å²) >= 11 is 0. The molecule has 29 heavy (non-hydrogen) atoms. The van der Waals surface area contributed by atoms with Gasteiger partial charge in [-0.15, -0.1) is 10.2 Å². The zero-order valence-corrected chi connectivity index (χ0v) is 15.3. The molecule has 0 amide bonds. The summed E-state index contributed by atoms with van der Waals surface area (Å²) < 4.78 is 27.9. The summed E-state index contributed by atoms with van der Waals surface area (Å²) in [5.41, 5.74) is 1.68. The van der Waals surface area contributed by atoms with Gasteiger partial charge in [-0.1, -0.05) is 5.16 Å². The van der Waals surface area contributed by atoms with Gasteiger partial charge in [0.2, 0.25) is 5.78 Å². The monoisotopic (exact) mass is 397 g/mol. The third-order valence-electron chi connectivity index (χ3n) is 5.24. The topological polar surface area (TPSA) is 110 Å². The summed E-state index contributed by atoms with van der Waals surface area (Å²) in [6.45, 7) is 2.22. The molecule has 4 heterocycles. The minimum atomic E-state index is -0.502. The highest BCUT2D eigenvalue weighted by Crippen LogP contribution is 2.40. The number of ether oxygens (including phenoxy) is 2. The molecule has 2 aromatic heterocycles. The van der Waals surface area contributed by atoms with Crippen molar-refractivity contribution in [3.8, 4) is 11.5 Å². The fraction of sp³-hybridized carbons (Fsp3) is 0.263. The van der Waals surface area contributed by atoms with Crippen LogP contribution in [0.25, 0.3) is 5.65 Å². The molecule has 2 N–H and O–H groups in total. The van der Waals surface area contributed by atoms with Crippen LogP contribution in [0.3, 0.4) is 0 Å². The van der Waals surface area contributed by atoms with Crippen molar-refractivity contribution >= 4 is 23.0 Å². The summed E-state index contributed by atoms with van der Waals surface area (Å²) in [5, 5.41) is 23.0. The van der Waals surface area contributed by atoms with Gasteiger partial charge in [-0.25, -0.2) is 4.39 Å². The van der Waals surface area contributed by atoms with Crippen LogP contribution in [0, 0.1) is 5.82 Å². The Morgan fingerprint density at radius 1 is 1.34 bits per heavy atom. The highest BCUT2D eigenvalue weighted by molar-refractivity contribution is 6.46. The number of ketones is 1. The number of oxime groups is 1. The molecule has 0 spiro atoms. The lowest BCUT2D eigenvalue weighted by molar-refractivity contribution is 0.106. The van der Waals surface area contributed by atoms with Gasteiger partial charge in [0, 0.05) is 17.7 Å².